The molecule has 184 valence electrons. The number of amides is 1. The van der Waals surface area contributed by atoms with Gasteiger partial charge in [-0.2, -0.15) is 0 Å². The molecule has 0 unspecified atom stereocenters. The lowest BCUT2D eigenvalue weighted by atomic mass is 10.0. The van der Waals surface area contributed by atoms with Crippen LogP contribution in [-0.4, -0.2) is 23.7 Å². The van der Waals surface area contributed by atoms with E-state index in [4.69, 9.17) is 9.47 Å². The van der Waals surface area contributed by atoms with Gasteiger partial charge in [-0.25, -0.2) is 0 Å². The van der Waals surface area contributed by atoms with E-state index in [0.29, 0.717) is 6.42 Å². The molecule has 1 N–H and O–H groups in total. The first-order chi connectivity index (χ1) is 15.1. The highest BCUT2D eigenvalue weighted by Crippen LogP contribution is 2.32. The fourth-order valence-electron chi connectivity index (χ4n) is 3.31. The summed E-state index contributed by atoms with van der Waals surface area (Å²) >= 11 is 0. The Kier molecular flexibility index (Phi) is 12.8. The topological polar surface area (TPSA) is 47.6 Å². The standard InChI is InChI=1S/C28H49NO3/c1-8-11-12-13-14-18-26(30)29-21-16-15-17-23-19-20-24(31-27(4,5)9-2)22-25(23)32-28(6,7)10-3/h19-20,22H,8-18,21H2,1-7H3,(H,29,30). The first-order valence-corrected chi connectivity index (χ1v) is 12.9. The molecule has 32 heavy (non-hydrogen) atoms. The Morgan fingerprint density at radius 1 is 0.844 bits per heavy atom. The summed E-state index contributed by atoms with van der Waals surface area (Å²) in [5.41, 5.74) is 0.780. The fourth-order valence-corrected chi connectivity index (χ4v) is 3.31. The van der Waals surface area contributed by atoms with Gasteiger partial charge in [-0.3, -0.25) is 4.79 Å². The van der Waals surface area contributed by atoms with E-state index < -0.39 is 0 Å². The van der Waals surface area contributed by atoms with Gasteiger partial charge in [0.2, 0.25) is 5.91 Å². The first kappa shape index (κ1) is 28.3. The quantitative estimate of drug-likeness (QED) is 0.250. The summed E-state index contributed by atoms with van der Waals surface area (Å²) in [6, 6.07) is 6.24. The van der Waals surface area contributed by atoms with Crippen molar-refractivity contribution in [1.29, 1.82) is 0 Å². The van der Waals surface area contributed by atoms with Gasteiger partial charge in [0, 0.05) is 19.0 Å². The molecule has 0 aliphatic carbocycles. The second kappa shape index (κ2) is 14.4. The van der Waals surface area contributed by atoms with Gasteiger partial charge >= 0.3 is 0 Å². The number of aryl methyl sites for hydroxylation is 1. The molecule has 0 fully saturated rings. The van der Waals surface area contributed by atoms with Crippen LogP contribution in [0.15, 0.2) is 18.2 Å². The van der Waals surface area contributed by atoms with Crippen molar-refractivity contribution in [2.24, 2.45) is 0 Å². The first-order valence-electron chi connectivity index (χ1n) is 12.9. The molecule has 1 aromatic rings. The summed E-state index contributed by atoms with van der Waals surface area (Å²) in [4.78, 5) is 12.0. The van der Waals surface area contributed by atoms with E-state index in [9.17, 15) is 4.79 Å². The van der Waals surface area contributed by atoms with E-state index in [1.165, 1.54) is 24.8 Å². The van der Waals surface area contributed by atoms with Gasteiger partial charge in [0.1, 0.15) is 22.7 Å². The largest absolute Gasteiger partial charge is 0.488 e. The zero-order chi connectivity index (χ0) is 24.0. The van der Waals surface area contributed by atoms with E-state index >= 15 is 0 Å². The summed E-state index contributed by atoms with van der Waals surface area (Å²) in [5, 5.41) is 3.07. The molecule has 0 bridgehead atoms. The summed E-state index contributed by atoms with van der Waals surface area (Å²) in [6.07, 6.45) is 11.4. The van der Waals surface area contributed by atoms with Crippen molar-refractivity contribution in [2.75, 3.05) is 6.54 Å². The molecule has 0 saturated carbocycles. The maximum absolute atomic E-state index is 12.0. The van der Waals surface area contributed by atoms with Crippen molar-refractivity contribution >= 4 is 5.91 Å². The molecule has 0 atom stereocenters. The van der Waals surface area contributed by atoms with Crippen molar-refractivity contribution in [1.82, 2.24) is 5.32 Å². The van der Waals surface area contributed by atoms with E-state index in [0.717, 1.165) is 63.0 Å². The van der Waals surface area contributed by atoms with E-state index in [-0.39, 0.29) is 17.1 Å². The molecular weight excluding hydrogens is 398 g/mol. The normalized spacial score (nSPS) is 12.0. The van der Waals surface area contributed by atoms with Crippen LogP contribution >= 0.6 is 0 Å². The second-order valence-corrected chi connectivity index (χ2v) is 10.2. The molecule has 0 spiro atoms. The molecule has 0 aliphatic heterocycles. The smallest absolute Gasteiger partial charge is 0.219 e. The van der Waals surface area contributed by atoms with Crippen molar-refractivity contribution in [2.45, 2.75) is 130 Å². The summed E-state index contributed by atoms with van der Waals surface area (Å²) in [6.45, 7) is 15.7. The van der Waals surface area contributed by atoms with E-state index in [2.05, 4.69) is 65.9 Å². The van der Waals surface area contributed by atoms with Gasteiger partial charge in [0.25, 0.3) is 0 Å². The lowest BCUT2D eigenvalue weighted by Gasteiger charge is -2.29. The predicted molar refractivity (Wildman–Crippen MR) is 136 cm³/mol. The van der Waals surface area contributed by atoms with Crippen LogP contribution in [0.25, 0.3) is 0 Å². The minimum atomic E-state index is -0.223. The molecule has 4 nitrogen and oxygen atoms in total. The Labute approximate surface area is 197 Å². The molecule has 0 heterocycles. The van der Waals surface area contributed by atoms with Gasteiger partial charge < -0.3 is 14.8 Å². The van der Waals surface area contributed by atoms with Gasteiger partial charge in [0.05, 0.1) is 0 Å². The van der Waals surface area contributed by atoms with Gasteiger partial charge in [-0.05, 0) is 77.8 Å². The Bertz CT molecular complexity index is 667. The van der Waals surface area contributed by atoms with Crippen LogP contribution in [0, 0.1) is 0 Å². The van der Waals surface area contributed by atoms with Crippen LogP contribution in [0.3, 0.4) is 0 Å². The number of unbranched alkanes of at least 4 members (excludes halogenated alkanes) is 5. The minimum Gasteiger partial charge on any atom is -0.488 e. The number of hydrogen-bond donors (Lipinski definition) is 1. The number of ether oxygens (including phenoxy) is 2. The second-order valence-electron chi connectivity index (χ2n) is 10.2. The average molecular weight is 448 g/mol. The fraction of sp³-hybridized carbons (Fsp3) is 0.750. The van der Waals surface area contributed by atoms with Crippen LogP contribution in [0.4, 0.5) is 0 Å². The Morgan fingerprint density at radius 2 is 1.50 bits per heavy atom. The third-order valence-electron chi connectivity index (χ3n) is 6.22. The molecule has 4 heteroatoms. The monoisotopic (exact) mass is 447 g/mol. The van der Waals surface area contributed by atoms with E-state index in [1.807, 2.05) is 6.07 Å². The highest BCUT2D eigenvalue weighted by atomic mass is 16.5. The summed E-state index contributed by atoms with van der Waals surface area (Å²) in [7, 11) is 0. The predicted octanol–water partition coefficient (Wildman–Crippen LogP) is 7.62. The lowest BCUT2D eigenvalue weighted by Crippen LogP contribution is -2.28. The third-order valence-corrected chi connectivity index (χ3v) is 6.22. The molecule has 1 rings (SSSR count). The Balaban J connectivity index is 2.56. The number of hydrogen-bond acceptors (Lipinski definition) is 3. The number of rotatable bonds is 17. The molecular formula is C28H49NO3. The minimum absolute atomic E-state index is 0.190. The summed E-state index contributed by atoms with van der Waals surface area (Å²) < 4.78 is 12.6. The van der Waals surface area contributed by atoms with Crippen molar-refractivity contribution in [3.8, 4) is 11.5 Å². The molecule has 1 aromatic carbocycles. The molecule has 0 aliphatic rings. The Morgan fingerprint density at radius 3 is 2.16 bits per heavy atom. The van der Waals surface area contributed by atoms with Crippen molar-refractivity contribution < 1.29 is 14.3 Å². The number of carbonyl (C=O) groups is 1. The molecule has 0 radical (unpaired) electrons. The molecule has 1 amide bonds. The maximum atomic E-state index is 12.0. The van der Waals surface area contributed by atoms with Gasteiger partial charge in [-0.15, -0.1) is 0 Å². The number of nitrogens with one attached hydrogen (secondary N) is 1. The highest BCUT2D eigenvalue weighted by molar-refractivity contribution is 5.75. The number of carbonyl (C=O) groups excluding carboxylic acids is 1. The summed E-state index contributed by atoms with van der Waals surface area (Å²) in [5.74, 6) is 1.96. The van der Waals surface area contributed by atoms with Crippen LogP contribution < -0.4 is 14.8 Å². The Hall–Kier alpha value is -1.71. The van der Waals surface area contributed by atoms with Crippen molar-refractivity contribution in [3.05, 3.63) is 23.8 Å². The molecule has 0 saturated heterocycles. The molecule has 0 aromatic heterocycles. The third kappa shape index (κ3) is 11.8. The highest BCUT2D eigenvalue weighted by Gasteiger charge is 2.21. The zero-order valence-corrected chi connectivity index (χ0v) is 21.9. The van der Waals surface area contributed by atoms with Crippen LogP contribution in [-0.2, 0) is 11.2 Å². The average Bonchev–Trinajstić information content (AvgIpc) is 2.74. The van der Waals surface area contributed by atoms with Gasteiger partial charge in [0.15, 0.2) is 0 Å². The van der Waals surface area contributed by atoms with Gasteiger partial charge in [-0.1, -0.05) is 52.5 Å². The van der Waals surface area contributed by atoms with Crippen LogP contribution in [0.1, 0.15) is 118 Å². The maximum Gasteiger partial charge on any atom is 0.219 e. The SMILES string of the molecule is CCCCCCCC(=O)NCCCCc1ccc(OC(C)(C)CC)cc1OC(C)(C)CC. The van der Waals surface area contributed by atoms with Crippen LogP contribution in [0.5, 0.6) is 11.5 Å². The lowest BCUT2D eigenvalue weighted by molar-refractivity contribution is -0.121. The van der Waals surface area contributed by atoms with E-state index in [1.54, 1.807) is 0 Å². The zero-order valence-electron chi connectivity index (χ0n) is 21.9. The number of benzene rings is 1. The van der Waals surface area contributed by atoms with Crippen molar-refractivity contribution in [3.63, 3.8) is 0 Å². The van der Waals surface area contributed by atoms with Crippen LogP contribution in [0.2, 0.25) is 0 Å².